The Morgan fingerprint density at radius 2 is 2.09 bits per heavy atom. The van der Waals surface area contributed by atoms with E-state index in [0.717, 1.165) is 37.2 Å². The van der Waals surface area contributed by atoms with Gasteiger partial charge in [0.25, 0.3) is 0 Å². The van der Waals surface area contributed by atoms with Gasteiger partial charge in [0.15, 0.2) is 0 Å². The second-order valence-electron chi connectivity index (χ2n) is 6.99. The van der Waals surface area contributed by atoms with Crippen molar-refractivity contribution in [3.8, 4) is 5.75 Å². The van der Waals surface area contributed by atoms with E-state index in [1.165, 1.54) is 18.4 Å². The molecule has 1 aromatic carbocycles. The summed E-state index contributed by atoms with van der Waals surface area (Å²) in [5.41, 5.74) is 2.35. The third-order valence-electron chi connectivity index (χ3n) is 5.50. The van der Waals surface area contributed by atoms with E-state index in [2.05, 4.69) is 11.4 Å². The number of nitrogens with zero attached hydrogens (tertiary/aromatic N) is 1. The third kappa shape index (κ3) is 2.60. The van der Waals surface area contributed by atoms with E-state index in [1.54, 1.807) is 0 Å². The van der Waals surface area contributed by atoms with Gasteiger partial charge >= 0.3 is 0 Å². The number of carbonyl (C=O) groups excluding carboxylic acids is 1. The van der Waals surface area contributed by atoms with Crippen LogP contribution in [0.3, 0.4) is 0 Å². The number of fused-ring (bicyclic) bond motifs is 3. The normalized spacial score (nSPS) is 29.0. The van der Waals surface area contributed by atoms with E-state index in [-0.39, 0.29) is 5.91 Å². The molecule has 0 spiro atoms. The summed E-state index contributed by atoms with van der Waals surface area (Å²) in [6, 6.07) is 7.83. The summed E-state index contributed by atoms with van der Waals surface area (Å²) in [6.07, 6.45) is 6.23. The van der Waals surface area contributed by atoms with E-state index < -0.39 is 0 Å². The number of piperidine rings is 1. The summed E-state index contributed by atoms with van der Waals surface area (Å²) in [5, 5.41) is 3.64. The first-order valence-electron chi connectivity index (χ1n) is 8.45. The minimum Gasteiger partial charge on any atom is -0.493 e. The van der Waals surface area contributed by atoms with E-state index in [1.807, 2.05) is 24.1 Å². The minimum absolute atomic E-state index is 0.241. The lowest BCUT2D eigenvalue weighted by Crippen LogP contribution is -2.49. The van der Waals surface area contributed by atoms with Crippen LogP contribution < -0.4 is 10.1 Å². The molecule has 0 aliphatic carbocycles. The molecule has 1 N–H and O–H groups in total. The van der Waals surface area contributed by atoms with Crippen molar-refractivity contribution in [1.82, 2.24) is 10.2 Å². The van der Waals surface area contributed by atoms with Crippen LogP contribution in [0.25, 0.3) is 0 Å². The molecule has 0 radical (unpaired) electrons. The molecule has 4 nitrogen and oxygen atoms in total. The van der Waals surface area contributed by atoms with Gasteiger partial charge in [-0.05, 0) is 42.9 Å². The Morgan fingerprint density at radius 3 is 2.86 bits per heavy atom. The maximum atomic E-state index is 12.6. The number of amides is 1. The fourth-order valence-corrected chi connectivity index (χ4v) is 4.20. The van der Waals surface area contributed by atoms with E-state index >= 15 is 0 Å². The first-order valence-corrected chi connectivity index (χ1v) is 8.45. The van der Waals surface area contributed by atoms with Gasteiger partial charge < -0.3 is 15.0 Å². The Hall–Kier alpha value is -1.55. The van der Waals surface area contributed by atoms with E-state index in [0.29, 0.717) is 24.5 Å². The lowest BCUT2D eigenvalue weighted by molar-refractivity contribution is -0.131. The van der Waals surface area contributed by atoms with Crippen LogP contribution in [0.2, 0.25) is 0 Å². The number of likely N-dealkylation sites (N-methyl/N-ethyl adjacent to an activating group) is 1. The van der Waals surface area contributed by atoms with Gasteiger partial charge in [-0.1, -0.05) is 12.1 Å². The fourth-order valence-electron chi connectivity index (χ4n) is 4.20. The highest BCUT2D eigenvalue weighted by Crippen LogP contribution is 2.30. The van der Waals surface area contributed by atoms with E-state index in [9.17, 15) is 4.79 Å². The quantitative estimate of drug-likeness (QED) is 0.927. The SMILES string of the molecule is CN(C(=O)Cc1ccc2c(c1)CCO2)C1CC2CCC(C1)N2. The Kier molecular flexibility index (Phi) is 3.57. The third-order valence-corrected chi connectivity index (χ3v) is 5.50. The molecule has 0 saturated carbocycles. The van der Waals surface area contributed by atoms with Gasteiger partial charge in [-0.2, -0.15) is 0 Å². The van der Waals surface area contributed by atoms with Crippen molar-refractivity contribution in [3.63, 3.8) is 0 Å². The molecule has 1 aromatic rings. The molecule has 2 unspecified atom stereocenters. The molecule has 22 heavy (non-hydrogen) atoms. The van der Waals surface area contributed by atoms with Crippen molar-refractivity contribution in [2.24, 2.45) is 0 Å². The number of carbonyl (C=O) groups is 1. The Morgan fingerprint density at radius 1 is 1.32 bits per heavy atom. The summed E-state index contributed by atoms with van der Waals surface area (Å²) in [7, 11) is 1.98. The van der Waals surface area contributed by atoms with Crippen molar-refractivity contribution in [2.45, 2.75) is 56.7 Å². The summed E-state index contributed by atoms with van der Waals surface area (Å²) in [4.78, 5) is 14.6. The van der Waals surface area contributed by atoms with Crippen molar-refractivity contribution >= 4 is 5.91 Å². The maximum Gasteiger partial charge on any atom is 0.226 e. The smallest absolute Gasteiger partial charge is 0.226 e. The van der Waals surface area contributed by atoms with Gasteiger partial charge in [-0.25, -0.2) is 0 Å². The molecule has 2 atom stereocenters. The van der Waals surface area contributed by atoms with Crippen LogP contribution in [0.15, 0.2) is 18.2 Å². The number of benzene rings is 1. The highest BCUT2D eigenvalue weighted by molar-refractivity contribution is 5.79. The van der Waals surface area contributed by atoms with Gasteiger partial charge in [-0.3, -0.25) is 4.79 Å². The largest absolute Gasteiger partial charge is 0.493 e. The lowest BCUT2D eigenvalue weighted by atomic mass is 9.97. The van der Waals surface area contributed by atoms with Gasteiger partial charge in [0.2, 0.25) is 5.91 Å². The van der Waals surface area contributed by atoms with Crippen LogP contribution in [-0.2, 0) is 17.6 Å². The second-order valence-corrected chi connectivity index (χ2v) is 6.99. The topological polar surface area (TPSA) is 41.6 Å². The van der Waals surface area contributed by atoms with Crippen molar-refractivity contribution < 1.29 is 9.53 Å². The van der Waals surface area contributed by atoms with Gasteiger partial charge in [-0.15, -0.1) is 0 Å². The van der Waals surface area contributed by atoms with Crippen molar-refractivity contribution in [3.05, 3.63) is 29.3 Å². The second kappa shape index (κ2) is 5.58. The molecular formula is C18H24N2O2. The van der Waals surface area contributed by atoms with Crippen LogP contribution in [0.4, 0.5) is 0 Å². The molecule has 2 saturated heterocycles. The maximum absolute atomic E-state index is 12.6. The molecule has 4 heteroatoms. The highest BCUT2D eigenvalue weighted by Gasteiger charge is 2.36. The first-order chi connectivity index (χ1) is 10.7. The number of hydrogen-bond donors (Lipinski definition) is 1. The lowest BCUT2D eigenvalue weighted by Gasteiger charge is -2.35. The monoisotopic (exact) mass is 300 g/mol. The predicted octanol–water partition coefficient (Wildman–Crippen LogP) is 1.91. The number of ether oxygens (including phenoxy) is 1. The van der Waals surface area contributed by atoms with Crippen LogP contribution in [0.5, 0.6) is 5.75 Å². The molecule has 2 fully saturated rings. The summed E-state index contributed by atoms with van der Waals surface area (Å²) >= 11 is 0. The summed E-state index contributed by atoms with van der Waals surface area (Å²) in [5.74, 6) is 1.23. The Balaban J connectivity index is 1.41. The molecule has 1 amide bonds. The molecule has 2 bridgehead atoms. The molecule has 3 aliphatic heterocycles. The van der Waals surface area contributed by atoms with Gasteiger partial charge in [0.05, 0.1) is 13.0 Å². The molecule has 118 valence electrons. The van der Waals surface area contributed by atoms with Crippen molar-refractivity contribution in [1.29, 1.82) is 0 Å². The Bertz CT molecular complexity index is 574. The van der Waals surface area contributed by atoms with Crippen LogP contribution in [0, 0.1) is 0 Å². The highest BCUT2D eigenvalue weighted by atomic mass is 16.5. The molecule has 0 aromatic heterocycles. The standard InChI is InChI=1S/C18H24N2O2/c1-20(16-10-14-3-4-15(11-16)19-14)18(21)9-12-2-5-17-13(8-12)6-7-22-17/h2,5,8,14-16,19H,3-4,6-7,9-11H2,1H3. The number of nitrogens with one attached hydrogen (secondary N) is 1. The van der Waals surface area contributed by atoms with Crippen LogP contribution in [0.1, 0.15) is 36.8 Å². The Labute approximate surface area is 131 Å². The fraction of sp³-hybridized carbons (Fsp3) is 0.611. The molecule has 3 heterocycles. The molecular weight excluding hydrogens is 276 g/mol. The first kappa shape index (κ1) is 14.1. The average Bonchev–Trinajstić information content (AvgIpc) is 3.12. The zero-order valence-corrected chi connectivity index (χ0v) is 13.2. The van der Waals surface area contributed by atoms with Gasteiger partial charge in [0, 0.05) is 31.6 Å². The molecule has 4 rings (SSSR count). The average molecular weight is 300 g/mol. The number of hydrogen-bond acceptors (Lipinski definition) is 3. The summed E-state index contributed by atoms with van der Waals surface area (Å²) < 4.78 is 5.53. The predicted molar refractivity (Wildman–Crippen MR) is 85.1 cm³/mol. The van der Waals surface area contributed by atoms with Crippen LogP contribution >= 0.6 is 0 Å². The zero-order valence-electron chi connectivity index (χ0n) is 13.2. The summed E-state index contributed by atoms with van der Waals surface area (Å²) in [6.45, 7) is 0.768. The van der Waals surface area contributed by atoms with Crippen molar-refractivity contribution in [2.75, 3.05) is 13.7 Å². The van der Waals surface area contributed by atoms with Gasteiger partial charge in [0.1, 0.15) is 5.75 Å². The minimum atomic E-state index is 0.241. The van der Waals surface area contributed by atoms with Crippen LogP contribution in [-0.4, -0.2) is 42.6 Å². The number of rotatable bonds is 3. The molecule has 3 aliphatic rings. The van der Waals surface area contributed by atoms with E-state index in [4.69, 9.17) is 4.74 Å². The zero-order chi connectivity index (χ0) is 15.1.